The van der Waals surface area contributed by atoms with Gasteiger partial charge in [0.25, 0.3) is 0 Å². The maximum atomic E-state index is 2.42. The number of benzene rings is 8. The third-order valence-corrected chi connectivity index (χ3v) is 12.1. The van der Waals surface area contributed by atoms with E-state index in [9.17, 15) is 0 Å². The van der Waals surface area contributed by atoms with Crippen molar-refractivity contribution in [3.05, 3.63) is 187 Å². The molecule has 0 saturated carbocycles. The summed E-state index contributed by atoms with van der Waals surface area (Å²) >= 11 is 1.89. The van der Waals surface area contributed by atoms with Gasteiger partial charge in [-0.15, -0.1) is 11.3 Å². The first-order valence-corrected chi connectivity index (χ1v) is 18.5. The van der Waals surface area contributed by atoms with Gasteiger partial charge in [0.2, 0.25) is 0 Å². The highest BCUT2D eigenvalue weighted by molar-refractivity contribution is 7.26. The second-order valence-corrected chi connectivity index (χ2v) is 15.2. The average molecular weight is 670 g/mol. The van der Waals surface area contributed by atoms with Crippen molar-refractivity contribution in [2.45, 2.75) is 19.3 Å². The molecule has 1 nitrogen and oxygen atoms in total. The third kappa shape index (κ3) is 4.82. The maximum absolute atomic E-state index is 2.42. The molecule has 0 bridgehead atoms. The SMILES string of the molecule is CC1(C)c2ccccc2-c2ccc(N(c3ccc(-c4ccccc4)cc3)c3cccc(-c4ccc5ccc6c7ccccc7sc6c5c4)c3)cc21. The molecule has 0 saturated heterocycles. The fraction of sp³-hybridized carbons (Fsp3) is 0.0612. The van der Waals surface area contributed by atoms with Gasteiger partial charge in [0.15, 0.2) is 0 Å². The molecule has 8 aromatic carbocycles. The minimum Gasteiger partial charge on any atom is -0.310 e. The van der Waals surface area contributed by atoms with Crippen LogP contribution in [0.4, 0.5) is 17.1 Å². The Morgan fingerprint density at radius 1 is 0.412 bits per heavy atom. The van der Waals surface area contributed by atoms with Crippen molar-refractivity contribution >= 4 is 59.3 Å². The van der Waals surface area contributed by atoms with Gasteiger partial charge in [-0.3, -0.25) is 0 Å². The summed E-state index contributed by atoms with van der Waals surface area (Å²) in [5.41, 5.74) is 13.6. The molecular formula is C49H35NS. The molecule has 0 unspecified atom stereocenters. The molecule has 2 heteroatoms. The Balaban J connectivity index is 1.12. The predicted octanol–water partition coefficient (Wildman–Crippen LogP) is 14.3. The lowest BCUT2D eigenvalue weighted by molar-refractivity contribution is 0.660. The number of hydrogen-bond donors (Lipinski definition) is 0. The van der Waals surface area contributed by atoms with Crippen LogP contribution < -0.4 is 4.90 Å². The molecule has 0 N–H and O–H groups in total. The highest BCUT2D eigenvalue weighted by Gasteiger charge is 2.35. The normalized spacial score (nSPS) is 13.1. The quantitative estimate of drug-likeness (QED) is 0.176. The number of thiophene rings is 1. The zero-order chi connectivity index (χ0) is 34.1. The molecule has 1 heterocycles. The van der Waals surface area contributed by atoms with Crippen LogP contribution in [0.5, 0.6) is 0 Å². The molecule has 0 aliphatic heterocycles. The van der Waals surface area contributed by atoms with Crippen LogP contribution >= 0.6 is 11.3 Å². The predicted molar refractivity (Wildman–Crippen MR) is 220 cm³/mol. The van der Waals surface area contributed by atoms with Crippen molar-refractivity contribution in [2.75, 3.05) is 4.90 Å². The summed E-state index contributed by atoms with van der Waals surface area (Å²) in [5.74, 6) is 0. The van der Waals surface area contributed by atoms with Gasteiger partial charge in [0.05, 0.1) is 0 Å². The number of hydrogen-bond acceptors (Lipinski definition) is 2. The fourth-order valence-corrected chi connectivity index (χ4v) is 9.45. The largest absolute Gasteiger partial charge is 0.310 e. The molecule has 1 aliphatic carbocycles. The van der Waals surface area contributed by atoms with Gasteiger partial charge in [0, 0.05) is 48.0 Å². The van der Waals surface area contributed by atoms with Crippen molar-refractivity contribution in [1.82, 2.24) is 0 Å². The van der Waals surface area contributed by atoms with E-state index in [1.807, 2.05) is 11.3 Å². The first-order chi connectivity index (χ1) is 25.0. The van der Waals surface area contributed by atoms with E-state index in [4.69, 9.17) is 0 Å². The molecule has 9 aromatic rings. The van der Waals surface area contributed by atoms with Crippen molar-refractivity contribution in [1.29, 1.82) is 0 Å². The monoisotopic (exact) mass is 669 g/mol. The van der Waals surface area contributed by atoms with Crippen molar-refractivity contribution in [3.63, 3.8) is 0 Å². The molecule has 0 atom stereocenters. The van der Waals surface area contributed by atoms with Gasteiger partial charge >= 0.3 is 0 Å². The standard InChI is InChI=1S/C49H35NS/c1-49(2)45-17-8-6-15-40(45)41-28-26-39(31-46(41)49)50(37-24-21-33(22-25-37)32-11-4-3-5-12-32)38-14-10-13-35(29-38)36-20-19-34-23-27-43-42-16-7-9-18-47(42)51-48(43)44(34)30-36/h3-31H,1-2H3. The lowest BCUT2D eigenvalue weighted by Crippen LogP contribution is -2.16. The van der Waals surface area contributed by atoms with Crippen LogP contribution in [0.2, 0.25) is 0 Å². The van der Waals surface area contributed by atoms with Gasteiger partial charge in [-0.1, -0.05) is 141 Å². The Morgan fingerprint density at radius 3 is 1.94 bits per heavy atom. The number of nitrogens with zero attached hydrogens (tertiary/aromatic N) is 1. The number of anilines is 3. The molecule has 0 amide bonds. The summed E-state index contributed by atoms with van der Waals surface area (Å²) < 4.78 is 2.69. The van der Waals surface area contributed by atoms with Crippen molar-refractivity contribution < 1.29 is 0 Å². The van der Waals surface area contributed by atoms with Crippen molar-refractivity contribution in [2.24, 2.45) is 0 Å². The van der Waals surface area contributed by atoms with E-state index >= 15 is 0 Å². The molecule has 51 heavy (non-hydrogen) atoms. The van der Waals surface area contributed by atoms with E-state index in [2.05, 4.69) is 195 Å². The molecule has 10 rings (SSSR count). The zero-order valence-electron chi connectivity index (χ0n) is 28.6. The smallest absolute Gasteiger partial charge is 0.0467 e. The van der Waals surface area contributed by atoms with Gasteiger partial charge in [-0.05, 0) is 98.4 Å². The maximum Gasteiger partial charge on any atom is 0.0467 e. The van der Waals surface area contributed by atoms with E-state index in [-0.39, 0.29) is 5.41 Å². The van der Waals surface area contributed by atoms with Gasteiger partial charge in [-0.25, -0.2) is 0 Å². The molecule has 0 radical (unpaired) electrons. The second kappa shape index (κ2) is 11.6. The molecule has 0 spiro atoms. The summed E-state index contributed by atoms with van der Waals surface area (Å²) in [7, 11) is 0. The summed E-state index contributed by atoms with van der Waals surface area (Å²) in [6, 6.07) is 64.8. The Morgan fingerprint density at radius 2 is 1.06 bits per heavy atom. The summed E-state index contributed by atoms with van der Waals surface area (Å²) in [5, 5.41) is 5.25. The van der Waals surface area contributed by atoms with Crippen LogP contribution in [-0.2, 0) is 5.41 Å². The first kappa shape index (κ1) is 29.9. The van der Waals surface area contributed by atoms with E-state index in [1.165, 1.54) is 75.5 Å². The fourth-order valence-electron chi connectivity index (χ4n) is 8.22. The van der Waals surface area contributed by atoms with Gasteiger partial charge < -0.3 is 4.90 Å². The van der Waals surface area contributed by atoms with Crippen LogP contribution in [0.25, 0.3) is 64.3 Å². The van der Waals surface area contributed by atoms with E-state index in [1.54, 1.807) is 0 Å². The molecule has 242 valence electrons. The van der Waals surface area contributed by atoms with E-state index in [0.717, 1.165) is 17.1 Å². The zero-order valence-corrected chi connectivity index (χ0v) is 29.4. The van der Waals surface area contributed by atoms with Crippen LogP contribution in [0, 0.1) is 0 Å². The van der Waals surface area contributed by atoms with Crippen LogP contribution in [0.3, 0.4) is 0 Å². The summed E-state index contributed by atoms with van der Waals surface area (Å²) in [6.45, 7) is 4.71. The van der Waals surface area contributed by atoms with Crippen molar-refractivity contribution in [3.8, 4) is 33.4 Å². The number of fused-ring (bicyclic) bond motifs is 8. The Bertz CT molecular complexity index is 2770. The summed E-state index contributed by atoms with van der Waals surface area (Å²) in [4.78, 5) is 2.42. The second-order valence-electron chi connectivity index (χ2n) is 14.2. The highest BCUT2D eigenvalue weighted by Crippen LogP contribution is 2.51. The lowest BCUT2D eigenvalue weighted by atomic mass is 9.82. The molecule has 0 fully saturated rings. The van der Waals surface area contributed by atoms with Crippen LogP contribution in [-0.4, -0.2) is 0 Å². The molecule has 1 aliphatic rings. The highest BCUT2D eigenvalue weighted by atomic mass is 32.1. The van der Waals surface area contributed by atoms with Gasteiger partial charge in [-0.2, -0.15) is 0 Å². The van der Waals surface area contributed by atoms with Gasteiger partial charge in [0.1, 0.15) is 0 Å². The van der Waals surface area contributed by atoms with E-state index in [0.29, 0.717) is 0 Å². The average Bonchev–Trinajstić information content (AvgIpc) is 3.68. The topological polar surface area (TPSA) is 3.24 Å². The molecular weight excluding hydrogens is 635 g/mol. The first-order valence-electron chi connectivity index (χ1n) is 17.7. The Hall–Kier alpha value is -5.96. The third-order valence-electron chi connectivity index (χ3n) is 10.9. The van der Waals surface area contributed by atoms with E-state index < -0.39 is 0 Å². The van der Waals surface area contributed by atoms with Crippen LogP contribution in [0.1, 0.15) is 25.0 Å². The lowest BCUT2D eigenvalue weighted by Gasteiger charge is -2.28. The summed E-state index contributed by atoms with van der Waals surface area (Å²) in [6.07, 6.45) is 0. The minimum absolute atomic E-state index is 0.0877. The Kier molecular flexibility index (Phi) is 6.78. The van der Waals surface area contributed by atoms with Crippen LogP contribution in [0.15, 0.2) is 176 Å². The minimum atomic E-state index is -0.0877. The Labute approximate surface area is 302 Å². The molecule has 1 aromatic heterocycles. The number of rotatable bonds is 5.